The van der Waals surface area contributed by atoms with Crippen LogP contribution in [-0.2, 0) is 11.2 Å². The summed E-state index contributed by atoms with van der Waals surface area (Å²) in [6, 6.07) is 5.78. The molecular formula is C18H30ClIN4O2. The predicted molar refractivity (Wildman–Crippen MR) is 118 cm³/mol. The molecule has 1 aromatic rings. The summed E-state index contributed by atoms with van der Waals surface area (Å²) in [5, 5.41) is 7.38. The van der Waals surface area contributed by atoms with Crippen molar-refractivity contribution in [3.63, 3.8) is 0 Å². The lowest BCUT2D eigenvalue weighted by Crippen LogP contribution is -2.40. The van der Waals surface area contributed by atoms with Crippen LogP contribution < -0.4 is 15.4 Å². The number of hydrogen-bond acceptors (Lipinski definition) is 4. The van der Waals surface area contributed by atoms with Crippen molar-refractivity contribution in [2.75, 3.05) is 59.6 Å². The molecule has 2 N–H and O–H groups in total. The molecule has 1 aliphatic heterocycles. The van der Waals surface area contributed by atoms with E-state index in [1.165, 1.54) is 0 Å². The Labute approximate surface area is 178 Å². The molecule has 1 saturated heterocycles. The average molecular weight is 497 g/mol. The quantitative estimate of drug-likeness (QED) is 0.329. The van der Waals surface area contributed by atoms with E-state index in [1.807, 2.05) is 18.2 Å². The molecule has 0 unspecified atom stereocenters. The highest BCUT2D eigenvalue weighted by Gasteiger charge is 2.09. The maximum Gasteiger partial charge on any atom is 0.191 e. The molecule has 8 heteroatoms. The van der Waals surface area contributed by atoms with Crippen molar-refractivity contribution in [2.24, 2.45) is 4.99 Å². The molecule has 6 nitrogen and oxygen atoms in total. The molecular weight excluding hydrogens is 467 g/mol. The van der Waals surface area contributed by atoms with Crippen molar-refractivity contribution in [1.82, 2.24) is 15.5 Å². The van der Waals surface area contributed by atoms with Crippen molar-refractivity contribution < 1.29 is 9.47 Å². The van der Waals surface area contributed by atoms with Gasteiger partial charge in [-0.3, -0.25) is 9.89 Å². The van der Waals surface area contributed by atoms with Gasteiger partial charge in [0.05, 0.1) is 26.9 Å². The van der Waals surface area contributed by atoms with E-state index in [0.717, 1.165) is 81.2 Å². The summed E-state index contributed by atoms with van der Waals surface area (Å²) in [6.07, 6.45) is 0.830. The fourth-order valence-electron chi connectivity index (χ4n) is 2.64. The number of nitrogens with one attached hydrogen (secondary N) is 2. The van der Waals surface area contributed by atoms with Crippen LogP contribution in [0.1, 0.15) is 12.5 Å². The van der Waals surface area contributed by atoms with E-state index in [0.29, 0.717) is 0 Å². The standard InChI is InChI=1S/C18H29ClN4O2.HI/c1-3-20-18(22-8-9-23-10-12-25-13-11-23)21-7-6-15-4-5-16(24-2)14-17(15)19;/h4-5,14H,3,6-13H2,1-2H3,(H2,20,21,22);1H. The number of aliphatic imine (C=N–C) groups is 1. The Morgan fingerprint density at radius 3 is 2.73 bits per heavy atom. The van der Waals surface area contributed by atoms with Gasteiger partial charge in [-0.2, -0.15) is 0 Å². The fourth-order valence-corrected chi connectivity index (χ4v) is 2.91. The smallest absolute Gasteiger partial charge is 0.191 e. The second-order valence-corrected chi connectivity index (χ2v) is 6.26. The minimum Gasteiger partial charge on any atom is -0.497 e. The zero-order valence-corrected chi connectivity index (χ0v) is 18.7. The van der Waals surface area contributed by atoms with E-state index in [-0.39, 0.29) is 24.0 Å². The Morgan fingerprint density at radius 1 is 1.31 bits per heavy atom. The lowest BCUT2D eigenvalue weighted by Gasteiger charge is -2.25. The van der Waals surface area contributed by atoms with E-state index >= 15 is 0 Å². The zero-order valence-electron chi connectivity index (χ0n) is 15.6. The van der Waals surface area contributed by atoms with Crippen molar-refractivity contribution in [2.45, 2.75) is 13.3 Å². The summed E-state index contributed by atoms with van der Waals surface area (Å²) in [5.41, 5.74) is 1.10. The summed E-state index contributed by atoms with van der Waals surface area (Å²) in [4.78, 5) is 7.03. The maximum absolute atomic E-state index is 6.28. The van der Waals surface area contributed by atoms with Crippen LogP contribution in [0.3, 0.4) is 0 Å². The Morgan fingerprint density at radius 2 is 2.08 bits per heavy atom. The molecule has 26 heavy (non-hydrogen) atoms. The van der Waals surface area contributed by atoms with Crippen molar-refractivity contribution in [1.29, 1.82) is 0 Å². The topological polar surface area (TPSA) is 58.1 Å². The molecule has 0 aliphatic carbocycles. The van der Waals surface area contributed by atoms with Crippen LogP contribution in [-0.4, -0.2) is 70.5 Å². The van der Waals surface area contributed by atoms with Crippen LogP contribution in [0.2, 0.25) is 5.02 Å². The predicted octanol–water partition coefficient (Wildman–Crippen LogP) is 2.40. The van der Waals surface area contributed by atoms with Crippen molar-refractivity contribution in [3.8, 4) is 5.75 Å². The molecule has 0 aromatic heterocycles. The number of guanidine groups is 1. The number of halogens is 2. The Hall–Kier alpha value is -0.770. The van der Waals surface area contributed by atoms with E-state index in [4.69, 9.17) is 21.1 Å². The van der Waals surface area contributed by atoms with Gasteiger partial charge in [-0.1, -0.05) is 17.7 Å². The average Bonchev–Trinajstić information content (AvgIpc) is 2.64. The minimum absolute atomic E-state index is 0. The van der Waals surface area contributed by atoms with Gasteiger partial charge in [-0.25, -0.2) is 0 Å². The van der Waals surface area contributed by atoms with Gasteiger partial charge in [-0.15, -0.1) is 24.0 Å². The van der Waals surface area contributed by atoms with E-state index in [2.05, 4.69) is 27.4 Å². The number of methoxy groups -OCH3 is 1. The fraction of sp³-hybridized carbons (Fsp3) is 0.611. The normalized spacial score (nSPS) is 15.3. The first kappa shape index (κ1) is 23.3. The molecule has 0 atom stereocenters. The monoisotopic (exact) mass is 496 g/mol. The van der Waals surface area contributed by atoms with Crippen molar-refractivity contribution in [3.05, 3.63) is 28.8 Å². The molecule has 1 fully saturated rings. The second kappa shape index (κ2) is 13.4. The molecule has 0 bridgehead atoms. The van der Waals surface area contributed by atoms with Gasteiger partial charge in [0, 0.05) is 37.7 Å². The Balaban J connectivity index is 0.00000338. The van der Waals surface area contributed by atoms with Crippen molar-refractivity contribution >= 4 is 41.5 Å². The molecule has 2 rings (SSSR count). The number of nitrogens with zero attached hydrogens (tertiary/aromatic N) is 2. The summed E-state index contributed by atoms with van der Waals surface area (Å²) < 4.78 is 10.5. The highest BCUT2D eigenvalue weighted by Crippen LogP contribution is 2.22. The summed E-state index contributed by atoms with van der Waals surface area (Å²) in [6.45, 7) is 9.06. The maximum atomic E-state index is 6.28. The second-order valence-electron chi connectivity index (χ2n) is 5.85. The van der Waals surface area contributed by atoms with Gasteiger partial charge in [0.25, 0.3) is 0 Å². The zero-order chi connectivity index (χ0) is 17.9. The molecule has 0 spiro atoms. The lowest BCUT2D eigenvalue weighted by molar-refractivity contribution is 0.0394. The number of morpholine rings is 1. The van der Waals surface area contributed by atoms with E-state index in [1.54, 1.807) is 7.11 Å². The largest absolute Gasteiger partial charge is 0.497 e. The summed E-state index contributed by atoms with van der Waals surface area (Å²) in [5.74, 6) is 1.63. The van der Waals surface area contributed by atoms with Gasteiger partial charge in [-0.05, 0) is 31.0 Å². The lowest BCUT2D eigenvalue weighted by atomic mass is 10.1. The number of benzene rings is 1. The van der Waals surface area contributed by atoms with Crippen LogP contribution in [0.4, 0.5) is 0 Å². The Bertz CT molecular complexity index is 554. The highest BCUT2D eigenvalue weighted by atomic mass is 127. The van der Waals surface area contributed by atoms with E-state index in [9.17, 15) is 0 Å². The van der Waals surface area contributed by atoms with Crippen LogP contribution in [0.15, 0.2) is 23.2 Å². The molecule has 148 valence electrons. The first-order valence-corrected chi connectivity index (χ1v) is 9.25. The molecule has 1 aliphatic rings. The first-order valence-electron chi connectivity index (χ1n) is 8.87. The number of hydrogen-bond donors (Lipinski definition) is 2. The highest BCUT2D eigenvalue weighted by molar-refractivity contribution is 14.0. The third-order valence-electron chi connectivity index (χ3n) is 4.08. The molecule has 1 aromatic carbocycles. The van der Waals surface area contributed by atoms with Crippen LogP contribution >= 0.6 is 35.6 Å². The van der Waals surface area contributed by atoms with Gasteiger partial charge in [0.1, 0.15) is 5.75 Å². The van der Waals surface area contributed by atoms with Crippen LogP contribution in [0, 0.1) is 0 Å². The molecule has 0 saturated carbocycles. The minimum atomic E-state index is 0. The Kier molecular flexibility index (Phi) is 12.0. The van der Waals surface area contributed by atoms with Gasteiger partial charge in [0.2, 0.25) is 0 Å². The van der Waals surface area contributed by atoms with E-state index < -0.39 is 0 Å². The summed E-state index contributed by atoms with van der Waals surface area (Å²) in [7, 11) is 1.64. The first-order chi connectivity index (χ1) is 12.2. The number of ether oxygens (including phenoxy) is 2. The molecule has 1 heterocycles. The third kappa shape index (κ3) is 8.28. The molecule has 0 amide bonds. The third-order valence-corrected chi connectivity index (χ3v) is 4.43. The van der Waals surface area contributed by atoms with Gasteiger partial charge < -0.3 is 20.1 Å². The number of rotatable bonds is 8. The van der Waals surface area contributed by atoms with Gasteiger partial charge in [0.15, 0.2) is 5.96 Å². The SMILES string of the molecule is CCNC(=NCCN1CCOCC1)NCCc1ccc(OC)cc1Cl.I. The van der Waals surface area contributed by atoms with Crippen LogP contribution in [0.5, 0.6) is 5.75 Å². The summed E-state index contributed by atoms with van der Waals surface area (Å²) >= 11 is 6.28. The van der Waals surface area contributed by atoms with Crippen LogP contribution in [0.25, 0.3) is 0 Å². The van der Waals surface area contributed by atoms with Gasteiger partial charge >= 0.3 is 0 Å². The molecule has 0 radical (unpaired) electrons.